The molecule has 0 bridgehead atoms. The zero-order chi connectivity index (χ0) is 22.1. The monoisotopic (exact) mass is 553 g/mol. The van der Waals surface area contributed by atoms with Gasteiger partial charge in [0.1, 0.15) is 27.1 Å². The largest absolute Gasteiger partial charge is 0.346 e. The summed E-state index contributed by atoms with van der Waals surface area (Å²) in [7, 11) is 1.82. The van der Waals surface area contributed by atoms with Gasteiger partial charge in [0.15, 0.2) is 0 Å². The molecule has 1 saturated heterocycles. The Kier molecular flexibility index (Phi) is 6.42. The average molecular weight is 554 g/mol. The Morgan fingerprint density at radius 2 is 2.06 bits per heavy atom. The lowest BCUT2D eigenvalue weighted by Crippen LogP contribution is -2.38. The van der Waals surface area contributed by atoms with E-state index in [1.54, 1.807) is 22.1 Å². The minimum atomic E-state index is -0.536. The van der Waals surface area contributed by atoms with E-state index in [0.29, 0.717) is 29.3 Å². The Balaban J connectivity index is 1.50. The maximum Gasteiger partial charge on any atom is 0.325 e. The molecule has 8 nitrogen and oxygen atoms in total. The number of carbonyl (C=O) groups excluding carboxylic acids is 1. The van der Waals surface area contributed by atoms with Crippen LogP contribution in [0.2, 0.25) is 5.02 Å². The number of nitrogens with one attached hydrogen (secondary N) is 1. The molecule has 1 aromatic carbocycles. The fourth-order valence-electron chi connectivity index (χ4n) is 3.52. The molecule has 10 heteroatoms. The standard InChI is InChI=1S/C21H25ClIN7O/c1-13(2)18-12-28(4)21(31)30(18)19-8-9-24-20(26-19)25-14(3)17-11-29(23-27-17)16-7-5-6-15(22)10-16/h5-11,13-14,18H,12H2,1-4H3,(H,24,25,26)/t14-,18+/m0/s1. The van der Waals surface area contributed by atoms with Gasteiger partial charge in [0.25, 0.3) is 0 Å². The van der Waals surface area contributed by atoms with E-state index in [4.69, 9.17) is 14.7 Å². The average Bonchev–Trinajstić information content (AvgIpc) is 3.34. The van der Waals surface area contributed by atoms with E-state index in [2.05, 4.69) is 32.2 Å². The molecule has 0 radical (unpaired) electrons. The number of halogens is 2. The minimum absolute atomic E-state index is 0.0354. The first-order valence-electron chi connectivity index (χ1n) is 10.1. The van der Waals surface area contributed by atoms with Gasteiger partial charge in [-0.2, -0.15) is 4.98 Å². The van der Waals surface area contributed by atoms with Crippen LogP contribution in [0.5, 0.6) is 0 Å². The molecule has 1 N–H and O–H groups in total. The highest BCUT2D eigenvalue weighted by molar-refractivity contribution is 14.2. The molecule has 4 rings (SSSR count). The van der Waals surface area contributed by atoms with Crippen molar-refractivity contribution in [3.05, 3.63) is 53.4 Å². The number of hydrogen-bond donors (Lipinski definition) is 1. The summed E-state index contributed by atoms with van der Waals surface area (Å²) in [4.78, 5) is 25.2. The maximum atomic E-state index is 12.7. The fourth-order valence-corrected chi connectivity index (χ4v) is 5.69. The van der Waals surface area contributed by atoms with E-state index in [1.807, 2.05) is 44.4 Å². The minimum Gasteiger partial charge on any atom is -0.346 e. The van der Waals surface area contributed by atoms with Crippen LogP contribution in [0.3, 0.4) is 0 Å². The van der Waals surface area contributed by atoms with Crippen molar-refractivity contribution in [2.75, 3.05) is 26.9 Å². The van der Waals surface area contributed by atoms with Gasteiger partial charge in [0.05, 0.1) is 23.5 Å². The quantitative estimate of drug-likeness (QED) is 0.390. The van der Waals surface area contributed by atoms with Gasteiger partial charge < -0.3 is 10.2 Å². The molecule has 0 aliphatic carbocycles. The Hall–Kier alpha value is -2.27. The van der Waals surface area contributed by atoms with Crippen LogP contribution in [0.15, 0.2) is 51.6 Å². The zero-order valence-electron chi connectivity index (χ0n) is 17.8. The second kappa shape index (κ2) is 9.07. The number of carbonyl (C=O) groups is 1. The summed E-state index contributed by atoms with van der Waals surface area (Å²) in [5, 5.41) is 4.04. The van der Waals surface area contributed by atoms with Gasteiger partial charge in [-0.3, -0.25) is 8.01 Å². The lowest BCUT2D eigenvalue weighted by molar-refractivity contribution is 0.229. The summed E-state index contributed by atoms with van der Waals surface area (Å²) in [6.07, 6.45) is 3.74. The van der Waals surface area contributed by atoms with E-state index in [1.165, 1.54) is 0 Å². The van der Waals surface area contributed by atoms with Gasteiger partial charge in [-0.25, -0.2) is 12.9 Å². The molecule has 2 amide bonds. The van der Waals surface area contributed by atoms with Crippen LogP contribution in [-0.4, -0.2) is 46.6 Å². The van der Waals surface area contributed by atoms with Gasteiger partial charge in [-0.15, -0.1) is 0 Å². The molecular weight excluding hydrogens is 529 g/mol. The first kappa shape index (κ1) is 21.9. The van der Waals surface area contributed by atoms with Crippen LogP contribution >= 0.6 is 32.9 Å². The van der Waals surface area contributed by atoms with E-state index in [-0.39, 0.29) is 18.1 Å². The molecule has 1 aromatic heterocycles. The molecule has 2 atom stereocenters. The predicted molar refractivity (Wildman–Crippen MR) is 133 cm³/mol. The first-order valence-corrected chi connectivity index (χ1v) is 12.4. The van der Waals surface area contributed by atoms with Crippen molar-refractivity contribution < 1.29 is 4.79 Å². The number of aromatic nitrogens is 2. The topological polar surface area (TPSA) is 77.0 Å². The highest BCUT2D eigenvalue weighted by Crippen LogP contribution is 2.34. The number of benzene rings is 1. The smallest absolute Gasteiger partial charge is 0.325 e. The number of likely N-dealkylation sites (N-methyl/N-ethyl adjacent to an activating group) is 1. The zero-order valence-corrected chi connectivity index (χ0v) is 20.7. The summed E-state index contributed by atoms with van der Waals surface area (Å²) in [6, 6.07) is 9.54. The Morgan fingerprint density at radius 3 is 2.81 bits per heavy atom. The van der Waals surface area contributed by atoms with Crippen LogP contribution in [0.25, 0.3) is 0 Å². The molecule has 1 fully saturated rings. The van der Waals surface area contributed by atoms with Crippen LogP contribution < -0.4 is 13.3 Å². The van der Waals surface area contributed by atoms with Crippen molar-refractivity contribution in [2.45, 2.75) is 32.9 Å². The number of anilines is 3. The molecule has 0 unspecified atom stereocenters. The number of hydrogen-bond acceptors (Lipinski definition) is 6. The second-order valence-electron chi connectivity index (χ2n) is 7.95. The van der Waals surface area contributed by atoms with Crippen molar-refractivity contribution in [1.29, 1.82) is 0 Å². The van der Waals surface area contributed by atoms with Gasteiger partial charge in [-0.1, -0.05) is 31.5 Å². The number of rotatable bonds is 6. The molecule has 164 valence electrons. The molecule has 2 aliphatic heterocycles. The molecule has 31 heavy (non-hydrogen) atoms. The van der Waals surface area contributed by atoms with Crippen LogP contribution in [0.1, 0.15) is 20.8 Å². The van der Waals surface area contributed by atoms with E-state index < -0.39 is 21.3 Å². The summed E-state index contributed by atoms with van der Waals surface area (Å²) < 4.78 is 6.90. The SMILES string of the molecule is CC(C)[C@H]1CN(C)C(=O)N1c1ccnc(N[C@@H](C)C2=CN(c3cccc(Cl)c3)I=N2)n1. The number of urea groups is 1. The van der Waals surface area contributed by atoms with Gasteiger partial charge in [0.2, 0.25) is 5.95 Å². The van der Waals surface area contributed by atoms with Gasteiger partial charge in [0, 0.05) is 31.0 Å². The predicted octanol–water partition coefficient (Wildman–Crippen LogP) is 5.26. The second-order valence-corrected chi connectivity index (χ2v) is 10.3. The maximum absolute atomic E-state index is 12.7. The van der Waals surface area contributed by atoms with Crippen molar-refractivity contribution >= 4 is 56.4 Å². The molecule has 2 aromatic rings. The third-order valence-corrected chi connectivity index (χ3v) is 7.60. The molecule has 0 saturated carbocycles. The summed E-state index contributed by atoms with van der Waals surface area (Å²) >= 11 is 5.59. The van der Waals surface area contributed by atoms with Crippen molar-refractivity contribution in [1.82, 2.24) is 14.9 Å². The van der Waals surface area contributed by atoms with Gasteiger partial charge in [-0.05, 0) is 37.1 Å². The first-order chi connectivity index (χ1) is 14.8. The van der Waals surface area contributed by atoms with E-state index in [0.717, 1.165) is 11.4 Å². The van der Waals surface area contributed by atoms with Crippen LogP contribution in [-0.2, 0) is 0 Å². The third-order valence-electron chi connectivity index (χ3n) is 5.29. The van der Waals surface area contributed by atoms with Gasteiger partial charge >= 0.3 is 6.03 Å². The fraction of sp³-hybridized carbons (Fsp3) is 0.381. The number of nitrogens with zero attached hydrogens (tertiary/aromatic N) is 6. The lowest BCUT2D eigenvalue weighted by atomic mass is 10.0. The van der Waals surface area contributed by atoms with Crippen LogP contribution in [0, 0.1) is 5.92 Å². The van der Waals surface area contributed by atoms with Crippen molar-refractivity contribution in [2.24, 2.45) is 9.06 Å². The molecule has 0 spiro atoms. The normalized spacial score (nSPS) is 19.7. The Bertz CT molecular complexity index is 1040. The van der Waals surface area contributed by atoms with E-state index in [9.17, 15) is 4.79 Å². The lowest BCUT2D eigenvalue weighted by Gasteiger charge is -2.25. The van der Waals surface area contributed by atoms with Crippen molar-refractivity contribution in [3.63, 3.8) is 0 Å². The van der Waals surface area contributed by atoms with Crippen LogP contribution in [0.4, 0.5) is 22.2 Å². The molecule has 2 aliphatic rings. The molecular formula is C21H25ClIN7O. The summed E-state index contributed by atoms with van der Waals surface area (Å²) in [5.41, 5.74) is 1.99. The summed E-state index contributed by atoms with van der Waals surface area (Å²) in [6.45, 7) is 6.96. The van der Waals surface area contributed by atoms with Crippen molar-refractivity contribution in [3.8, 4) is 0 Å². The highest BCUT2D eigenvalue weighted by atomic mass is 127. The Morgan fingerprint density at radius 1 is 1.26 bits per heavy atom. The highest BCUT2D eigenvalue weighted by Gasteiger charge is 2.38. The number of amides is 2. The third kappa shape index (κ3) is 4.67. The molecule has 3 heterocycles. The Labute approximate surface area is 197 Å². The summed E-state index contributed by atoms with van der Waals surface area (Å²) in [5.74, 6) is 1.41. The van der Waals surface area contributed by atoms with E-state index >= 15 is 0 Å².